The fourth-order valence-corrected chi connectivity index (χ4v) is 3.35. The van der Waals surface area contributed by atoms with E-state index in [2.05, 4.69) is 40.7 Å². The number of nitrogens with zero attached hydrogens (tertiary/aromatic N) is 1. The molecule has 0 aliphatic heterocycles. The molecule has 2 aromatic rings. The summed E-state index contributed by atoms with van der Waals surface area (Å²) in [7, 11) is 0. The van der Waals surface area contributed by atoms with Crippen molar-refractivity contribution in [1.82, 2.24) is 10.2 Å². The molecular weight excluding hydrogens is 280 g/mol. The Bertz CT molecular complexity index is 531. The minimum Gasteiger partial charge on any atom is -0.468 e. The number of furan rings is 1. The van der Waals surface area contributed by atoms with Crippen molar-refractivity contribution in [3.63, 3.8) is 0 Å². The van der Waals surface area contributed by atoms with Gasteiger partial charge in [0.15, 0.2) is 0 Å². The first-order valence-corrected chi connectivity index (χ1v) is 8.77. The number of nitrogens with one attached hydrogen (secondary N) is 1. The lowest BCUT2D eigenvalue weighted by molar-refractivity contribution is 0.245. The van der Waals surface area contributed by atoms with Gasteiger partial charge < -0.3 is 9.73 Å². The molecule has 0 unspecified atom stereocenters. The second-order valence-corrected chi connectivity index (χ2v) is 6.79. The minimum absolute atomic E-state index is 0.762. The van der Waals surface area contributed by atoms with Gasteiger partial charge in [0.1, 0.15) is 5.76 Å². The lowest BCUT2D eigenvalue weighted by atomic mass is 10.2. The molecule has 3 rings (SSSR count). The van der Waals surface area contributed by atoms with E-state index >= 15 is 0 Å². The maximum Gasteiger partial charge on any atom is 0.122 e. The maximum atomic E-state index is 5.66. The minimum atomic E-state index is 0.762. The van der Waals surface area contributed by atoms with Gasteiger partial charge in [-0.2, -0.15) is 0 Å². The fourth-order valence-electron chi connectivity index (χ4n) is 2.62. The lowest BCUT2D eigenvalue weighted by Gasteiger charge is -2.21. The van der Waals surface area contributed by atoms with E-state index in [0.29, 0.717) is 0 Å². The van der Waals surface area contributed by atoms with Crippen molar-refractivity contribution < 1.29 is 4.42 Å². The second kappa shape index (κ2) is 7.25. The van der Waals surface area contributed by atoms with Crippen molar-refractivity contribution in [3.8, 4) is 0 Å². The highest BCUT2D eigenvalue weighted by Crippen LogP contribution is 2.31. The Morgan fingerprint density at radius 3 is 2.95 bits per heavy atom. The molecule has 1 aliphatic rings. The zero-order valence-electron chi connectivity index (χ0n) is 12.7. The van der Waals surface area contributed by atoms with Crippen molar-refractivity contribution >= 4 is 11.3 Å². The largest absolute Gasteiger partial charge is 0.468 e. The third-order valence-electron chi connectivity index (χ3n) is 3.93. The number of hydrogen-bond donors (Lipinski definition) is 1. The Morgan fingerprint density at radius 2 is 2.24 bits per heavy atom. The van der Waals surface area contributed by atoms with E-state index in [-0.39, 0.29) is 0 Å². The quantitative estimate of drug-likeness (QED) is 0.710. The topological polar surface area (TPSA) is 28.4 Å². The number of hydrogen-bond acceptors (Lipinski definition) is 4. The zero-order chi connectivity index (χ0) is 14.5. The van der Waals surface area contributed by atoms with Gasteiger partial charge >= 0.3 is 0 Å². The lowest BCUT2D eigenvalue weighted by Crippen LogP contribution is -2.25. The van der Waals surface area contributed by atoms with Gasteiger partial charge in [0.25, 0.3) is 0 Å². The molecule has 0 saturated heterocycles. The summed E-state index contributed by atoms with van der Waals surface area (Å²) in [6.07, 6.45) is 5.66. The van der Waals surface area contributed by atoms with Crippen molar-refractivity contribution in [2.45, 2.75) is 51.9 Å². The Hall–Kier alpha value is -1.10. The zero-order valence-corrected chi connectivity index (χ0v) is 13.5. The molecule has 114 valence electrons. The summed E-state index contributed by atoms with van der Waals surface area (Å²) in [5.74, 6) is 1.10. The van der Waals surface area contributed by atoms with Crippen LogP contribution in [0.4, 0.5) is 0 Å². The summed E-state index contributed by atoms with van der Waals surface area (Å²) in [6.45, 7) is 6.14. The van der Waals surface area contributed by atoms with E-state index in [1.807, 2.05) is 17.6 Å². The van der Waals surface area contributed by atoms with Crippen molar-refractivity contribution in [3.05, 3.63) is 46.0 Å². The summed E-state index contributed by atoms with van der Waals surface area (Å²) >= 11 is 1.85. The predicted molar refractivity (Wildman–Crippen MR) is 87.3 cm³/mol. The molecule has 0 radical (unpaired) electrons. The SMILES string of the molecule is CCCNCc1occc1CN(Cc1cccs1)C1CC1. The summed E-state index contributed by atoms with van der Waals surface area (Å²) in [5, 5.41) is 5.60. The molecule has 0 atom stereocenters. The van der Waals surface area contributed by atoms with Crippen LogP contribution in [0.5, 0.6) is 0 Å². The first-order chi connectivity index (χ1) is 10.4. The van der Waals surface area contributed by atoms with Crippen molar-refractivity contribution in [2.75, 3.05) is 6.54 Å². The number of rotatable bonds is 9. The fraction of sp³-hybridized carbons (Fsp3) is 0.529. The van der Waals surface area contributed by atoms with Crippen molar-refractivity contribution in [1.29, 1.82) is 0 Å². The van der Waals surface area contributed by atoms with Crippen LogP contribution >= 0.6 is 11.3 Å². The van der Waals surface area contributed by atoms with E-state index in [1.54, 1.807) is 0 Å². The first kappa shape index (κ1) is 14.8. The van der Waals surface area contributed by atoms with E-state index < -0.39 is 0 Å². The van der Waals surface area contributed by atoms with Crippen LogP contribution in [0, 0.1) is 0 Å². The van der Waals surface area contributed by atoms with Gasteiger partial charge in [-0.25, -0.2) is 0 Å². The van der Waals surface area contributed by atoms with Crippen LogP contribution in [0.3, 0.4) is 0 Å². The predicted octanol–water partition coefficient (Wildman–Crippen LogP) is 4.01. The van der Waals surface area contributed by atoms with E-state index in [4.69, 9.17) is 4.42 Å². The van der Waals surface area contributed by atoms with E-state index in [1.165, 1.54) is 23.3 Å². The van der Waals surface area contributed by atoms with Crippen LogP contribution in [0.25, 0.3) is 0 Å². The summed E-state index contributed by atoms with van der Waals surface area (Å²) in [6, 6.07) is 7.27. The maximum absolute atomic E-state index is 5.66. The van der Waals surface area contributed by atoms with Gasteiger partial charge in [-0.15, -0.1) is 11.3 Å². The molecule has 1 saturated carbocycles. The van der Waals surface area contributed by atoms with Gasteiger partial charge in [-0.3, -0.25) is 4.90 Å². The van der Waals surface area contributed by atoms with E-state index in [9.17, 15) is 0 Å². The Kier molecular flexibility index (Phi) is 5.12. The average Bonchev–Trinajstić information content (AvgIpc) is 3.04. The smallest absolute Gasteiger partial charge is 0.122 e. The second-order valence-electron chi connectivity index (χ2n) is 5.76. The number of thiophene rings is 1. The molecule has 1 fully saturated rings. The molecule has 3 nitrogen and oxygen atoms in total. The molecule has 0 amide bonds. The summed E-state index contributed by atoms with van der Waals surface area (Å²) in [5.41, 5.74) is 1.34. The summed E-state index contributed by atoms with van der Waals surface area (Å²) in [4.78, 5) is 4.05. The highest BCUT2D eigenvalue weighted by Gasteiger charge is 2.29. The molecule has 0 spiro atoms. The van der Waals surface area contributed by atoms with Gasteiger partial charge in [-0.05, 0) is 43.3 Å². The normalized spacial score (nSPS) is 15.0. The Morgan fingerprint density at radius 1 is 1.33 bits per heavy atom. The highest BCUT2D eigenvalue weighted by atomic mass is 32.1. The average molecular weight is 304 g/mol. The highest BCUT2D eigenvalue weighted by molar-refractivity contribution is 7.09. The Balaban J connectivity index is 1.61. The van der Waals surface area contributed by atoms with Gasteiger partial charge in [-0.1, -0.05) is 13.0 Å². The van der Waals surface area contributed by atoms with Crippen LogP contribution in [0.2, 0.25) is 0 Å². The third kappa shape index (κ3) is 4.19. The molecular formula is C17H24N2OS. The van der Waals surface area contributed by atoms with Gasteiger partial charge in [0, 0.05) is 29.6 Å². The van der Waals surface area contributed by atoms with Crippen LogP contribution in [-0.4, -0.2) is 17.5 Å². The molecule has 4 heteroatoms. The molecule has 21 heavy (non-hydrogen) atoms. The van der Waals surface area contributed by atoms with Crippen molar-refractivity contribution in [2.24, 2.45) is 0 Å². The molecule has 0 bridgehead atoms. The monoisotopic (exact) mass is 304 g/mol. The van der Waals surface area contributed by atoms with Crippen LogP contribution in [0.1, 0.15) is 42.4 Å². The van der Waals surface area contributed by atoms with Crippen LogP contribution in [0.15, 0.2) is 34.3 Å². The third-order valence-corrected chi connectivity index (χ3v) is 4.79. The summed E-state index contributed by atoms with van der Waals surface area (Å²) < 4.78 is 5.66. The van der Waals surface area contributed by atoms with E-state index in [0.717, 1.165) is 44.4 Å². The molecule has 2 aromatic heterocycles. The Labute approximate surface area is 131 Å². The van der Waals surface area contributed by atoms with Crippen LogP contribution in [-0.2, 0) is 19.6 Å². The molecule has 1 N–H and O–H groups in total. The first-order valence-electron chi connectivity index (χ1n) is 7.89. The molecule has 2 heterocycles. The van der Waals surface area contributed by atoms with Gasteiger partial charge in [0.2, 0.25) is 0 Å². The molecule has 0 aromatic carbocycles. The molecule has 1 aliphatic carbocycles. The standard InChI is InChI=1S/C17H24N2OS/c1-2-8-18-11-17-14(7-9-20-17)12-19(15-5-6-15)13-16-4-3-10-21-16/h3-4,7,9-10,15,18H,2,5-6,8,11-13H2,1H3. The van der Waals surface area contributed by atoms with Gasteiger partial charge in [0.05, 0.1) is 12.8 Å². The van der Waals surface area contributed by atoms with Crippen LogP contribution < -0.4 is 5.32 Å².